The van der Waals surface area contributed by atoms with Gasteiger partial charge in [0.15, 0.2) is 6.04 Å². The van der Waals surface area contributed by atoms with Crippen LogP contribution in [-0.4, -0.2) is 71.9 Å². The number of ether oxygens (including phenoxy) is 2. The SMILES string of the molecule is CCN1CCC2(CC1)OC[C@H](C(=O)O)N2C(=O)Cc1ccc(OC)cc1. The van der Waals surface area contributed by atoms with Crippen LogP contribution in [0.3, 0.4) is 0 Å². The Labute approximate surface area is 153 Å². The van der Waals surface area contributed by atoms with E-state index in [1.54, 1.807) is 19.2 Å². The molecule has 0 aliphatic carbocycles. The van der Waals surface area contributed by atoms with E-state index < -0.39 is 17.7 Å². The summed E-state index contributed by atoms with van der Waals surface area (Å²) in [7, 11) is 1.59. The third-order valence-electron chi connectivity index (χ3n) is 5.41. The first-order valence-corrected chi connectivity index (χ1v) is 9.03. The second-order valence-corrected chi connectivity index (χ2v) is 6.83. The number of carboxylic acid groups (broad SMARTS) is 1. The fourth-order valence-electron chi connectivity index (χ4n) is 3.85. The van der Waals surface area contributed by atoms with Gasteiger partial charge in [-0.25, -0.2) is 4.79 Å². The molecule has 1 aromatic rings. The summed E-state index contributed by atoms with van der Waals surface area (Å²) in [4.78, 5) is 28.5. The van der Waals surface area contributed by atoms with Crippen molar-refractivity contribution in [3.05, 3.63) is 29.8 Å². The molecule has 2 fully saturated rings. The fourth-order valence-corrected chi connectivity index (χ4v) is 3.85. The molecule has 1 aromatic carbocycles. The predicted octanol–water partition coefficient (Wildman–Crippen LogP) is 1.36. The molecular weight excluding hydrogens is 336 g/mol. The van der Waals surface area contributed by atoms with E-state index in [1.807, 2.05) is 12.1 Å². The molecule has 1 atom stereocenters. The standard InChI is InChI=1S/C19H26N2O5/c1-3-20-10-8-19(9-11-20)21(16(13-26-19)18(23)24)17(22)12-14-4-6-15(25-2)7-5-14/h4-7,16H,3,8-13H2,1-2H3,(H,23,24)/t16-/m1/s1. The average Bonchev–Trinajstić information content (AvgIpc) is 3.02. The van der Waals surface area contributed by atoms with Crippen LogP contribution in [0.5, 0.6) is 5.75 Å². The molecule has 2 saturated heterocycles. The van der Waals surface area contributed by atoms with Crippen LogP contribution in [0.25, 0.3) is 0 Å². The molecule has 1 N–H and O–H groups in total. The molecule has 2 aliphatic heterocycles. The Morgan fingerprint density at radius 3 is 2.46 bits per heavy atom. The van der Waals surface area contributed by atoms with Gasteiger partial charge in [-0.05, 0) is 24.2 Å². The van der Waals surface area contributed by atoms with Gasteiger partial charge < -0.3 is 19.5 Å². The molecule has 1 spiro atoms. The van der Waals surface area contributed by atoms with Crippen molar-refractivity contribution in [2.75, 3.05) is 33.4 Å². The van der Waals surface area contributed by atoms with Crippen molar-refractivity contribution in [2.45, 2.75) is 38.0 Å². The second-order valence-electron chi connectivity index (χ2n) is 6.83. The average molecular weight is 362 g/mol. The molecule has 7 nitrogen and oxygen atoms in total. The van der Waals surface area contributed by atoms with Crippen molar-refractivity contribution in [3.8, 4) is 5.75 Å². The number of carbonyl (C=O) groups is 2. The fraction of sp³-hybridized carbons (Fsp3) is 0.579. The van der Waals surface area contributed by atoms with Crippen molar-refractivity contribution in [1.82, 2.24) is 9.80 Å². The predicted molar refractivity (Wildman–Crippen MR) is 95.0 cm³/mol. The Hall–Kier alpha value is -2.12. The van der Waals surface area contributed by atoms with Gasteiger partial charge in [-0.2, -0.15) is 0 Å². The van der Waals surface area contributed by atoms with Crippen LogP contribution in [0, 0.1) is 0 Å². The van der Waals surface area contributed by atoms with Gasteiger partial charge in [0.25, 0.3) is 0 Å². The number of carbonyl (C=O) groups excluding carboxylic acids is 1. The zero-order valence-electron chi connectivity index (χ0n) is 15.3. The van der Waals surface area contributed by atoms with Gasteiger partial charge in [0, 0.05) is 25.9 Å². The molecule has 7 heteroatoms. The van der Waals surface area contributed by atoms with Gasteiger partial charge in [-0.3, -0.25) is 9.69 Å². The van der Waals surface area contributed by atoms with E-state index in [0.717, 1.165) is 30.9 Å². The highest BCUT2D eigenvalue weighted by Gasteiger charge is 2.53. The van der Waals surface area contributed by atoms with E-state index in [9.17, 15) is 14.7 Å². The number of rotatable bonds is 5. The summed E-state index contributed by atoms with van der Waals surface area (Å²) in [5.41, 5.74) is 0.0335. The van der Waals surface area contributed by atoms with Crippen LogP contribution >= 0.6 is 0 Å². The highest BCUT2D eigenvalue weighted by atomic mass is 16.5. The third-order valence-corrected chi connectivity index (χ3v) is 5.41. The first kappa shape index (κ1) is 18.7. The minimum Gasteiger partial charge on any atom is -0.497 e. The van der Waals surface area contributed by atoms with Gasteiger partial charge in [0.1, 0.15) is 11.5 Å². The van der Waals surface area contributed by atoms with E-state index in [4.69, 9.17) is 9.47 Å². The minimum atomic E-state index is -1.01. The zero-order valence-corrected chi connectivity index (χ0v) is 15.3. The number of amides is 1. The minimum absolute atomic E-state index is 0.0514. The van der Waals surface area contributed by atoms with E-state index in [2.05, 4.69) is 11.8 Å². The van der Waals surface area contributed by atoms with Crippen molar-refractivity contribution in [2.24, 2.45) is 0 Å². The number of aliphatic carboxylic acids is 1. The largest absolute Gasteiger partial charge is 0.497 e. The van der Waals surface area contributed by atoms with Crippen LogP contribution in [0.1, 0.15) is 25.3 Å². The quantitative estimate of drug-likeness (QED) is 0.852. The topological polar surface area (TPSA) is 79.3 Å². The lowest BCUT2D eigenvalue weighted by molar-refractivity contribution is -0.165. The van der Waals surface area contributed by atoms with Crippen molar-refractivity contribution in [1.29, 1.82) is 0 Å². The van der Waals surface area contributed by atoms with Crippen LogP contribution in [0.2, 0.25) is 0 Å². The summed E-state index contributed by atoms with van der Waals surface area (Å²) >= 11 is 0. The number of piperidine rings is 1. The lowest BCUT2D eigenvalue weighted by Crippen LogP contribution is -2.58. The van der Waals surface area contributed by atoms with E-state index >= 15 is 0 Å². The first-order valence-electron chi connectivity index (χ1n) is 9.03. The Balaban J connectivity index is 1.79. The smallest absolute Gasteiger partial charge is 0.328 e. The number of methoxy groups -OCH3 is 1. The van der Waals surface area contributed by atoms with E-state index in [1.165, 1.54) is 4.90 Å². The summed E-state index contributed by atoms with van der Waals surface area (Å²) in [5.74, 6) is -0.495. The lowest BCUT2D eigenvalue weighted by Gasteiger charge is -2.44. The highest BCUT2D eigenvalue weighted by molar-refractivity contribution is 5.86. The Morgan fingerprint density at radius 1 is 1.27 bits per heavy atom. The maximum Gasteiger partial charge on any atom is 0.328 e. The number of hydrogen-bond acceptors (Lipinski definition) is 5. The third kappa shape index (κ3) is 3.54. The molecule has 2 heterocycles. The maximum absolute atomic E-state index is 13.0. The monoisotopic (exact) mass is 362 g/mol. The molecule has 142 valence electrons. The zero-order chi connectivity index (χ0) is 18.7. The van der Waals surface area contributed by atoms with Crippen LogP contribution in [0.4, 0.5) is 0 Å². The Kier molecular flexibility index (Phi) is 5.48. The molecule has 0 bridgehead atoms. The van der Waals surface area contributed by atoms with Crippen molar-refractivity contribution < 1.29 is 24.2 Å². The van der Waals surface area contributed by atoms with Crippen molar-refractivity contribution >= 4 is 11.9 Å². The number of carboxylic acids is 1. The van der Waals surface area contributed by atoms with Gasteiger partial charge in [0.2, 0.25) is 5.91 Å². The number of nitrogens with zero attached hydrogens (tertiary/aromatic N) is 2. The maximum atomic E-state index is 13.0. The summed E-state index contributed by atoms with van der Waals surface area (Å²) in [5, 5.41) is 9.58. The number of hydrogen-bond donors (Lipinski definition) is 1. The van der Waals surface area contributed by atoms with Crippen LogP contribution < -0.4 is 4.74 Å². The van der Waals surface area contributed by atoms with Crippen LogP contribution in [-0.2, 0) is 20.7 Å². The summed E-state index contributed by atoms with van der Waals surface area (Å²) in [6.45, 7) is 4.69. The molecule has 0 aromatic heterocycles. The number of likely N-dealkylation sites (tertiary alicyclic amines) is 1. The summed E-state index contributed by atoms with van der Waals surface area (Å²) < 4.78 is 11.1. The normalized spacial score (nSPS) is 22.5. The Morgan fingerprint density at radius 2 is 1.92 bits per heavy atom. The molecule has 26 heavy (non-hydrogen) atoms. The molecule has 0 radical (unpaired) electrons. The lowest BCUT2D eigenvalue weighted by atomic mass is 9.97. The molecule has 0 unspecified atom stereocenters. The second kappa shape index (κ2) is 7.63. The first-order chi connectivity index (χ1) is 12.5. The van der Waals surface area contributed by atoms with Gasteiger partial charge in [-0.15, -0.1) is 0 Å². The van der Waals surface area contributed by atoms with Crippen molar-refractivity contribution in [3.63, 3.8) is 0 Å². The highest BCUT2D eigenvalue weighted by Crippen LogP contribution is 2.37. The van der Waals surface area contributed by atoms with Gasteiger partial charge in [-0.1, -0.05) is 19.1 Å². The Bertz CT molecular complexity index is 652. The van der Waals surface area contributed by atoms with Gasteiger partial charge >= 0.3 is 5.97 Å². The van der Waals surface area contributed by atoms with E-state index in [0.29, 0.717) is 12.8 Å². The molecular formula is C19H26N2O5. The van der Waals surface area contributed by atoms with Gasteiger partial charge in [0.05, 0.1) is 20.1 Å². The number of benzene rings is 1. The van der Waals surface area contributed by atoms with Crippen LogP contribution in [0.15, 0.2) is 24.3 Å². The molecule has 3 rings (SSSR count). The molecule has 1 amide bonds. The summed E-state index contributed by atoms with van der Waals surface area (Å²) in [6.07, 6.45) is 1.42. The molecule has 0 saturated carbocycles. The molecule has 2 aliphatic rings. The summed E-state index contributed by atoms with van der Waals surface area (Å²) in [6, 6.07) is 6.33. The van der Waals surface area contributed by atoms with E-state index in [-0.39, 0.29) is 18.9 Å².